The summed E-state index contributed by atoms with van der Waals surface area (Å²) >= 11 is 0. The zero-order chi connectivity index (χ0) is 17.3. The molecule has 2 amide bonds. The van der Waals surface area contributed by atoms with Crippen molar-refractivity contribution in [3.8, 4) is 0 Å². The number of pyridine rings is 1. The number of likely N-dealkylation sites (tertiary alicyclic amines) is 1. The van der Waals surface area contributed by atoms with Crippen LogP contribution in [0.25, 0.3) is 0 Å². The van der Waals surface area contributed by atoms with Crippen LogP contribution < -0.4 is 10.9 Å². The maximum Gasteiger partial charge on any atom is 0.274 e. The molecule has 3 rings (SSSR count). The van der Waals surface area contributed by atoms with Gasteiger partial charge in [0.15, 0.2) is 0 Å². The molecule has 0 saturated carbocycles. The van der Waals surface area contributed by atoms with Gasteiger partial charge in [0.1, 0.15) is 5.69 Å². The maximum atomic E-state index is 12.7. The molecule has 2 bridgehead atoms. The first-order valence-corrected chi connectivity index (χ1v) is 8.27. The van der Waals surface area contributed by atoms with Crippen molar-refractivity contribution in [2.24, 2.45) is 5.92 Å². The fraction of sp³-hybridized carbons (Fsp3) is 0.588. The Morgan fingerprint density at radius 3 is 2.79 bits per heavy atom. The van der Waals surface area contributed by atoms with Gasteiger partial charge in [0.05, 0.1) is 13.0 Å². The lowest BCUT2D eigenvalue weighted by atomic mass is 9.83. The van der Waals surface area contributed by atoms with Crippen molar-refractivity contribution < 1.29 is 14.3 Å². The molecule has 1 aromatic rings. The molecule has 2 aliphatic heterocycles. The zero-order valence-corrected chi connectivity index (χ0v) is 14.1. The second-order valence-electron chi connectivity index (χ2n) is 6.60. The van der Waals surface area contributed by atoms with Gasteiger partial charge in [-0.05, 0) is 24.5 Å². The van der Waals surface area contributed by atoms with Crippen LogP contribution in [-0.4, -0.2) is 48.1 Å². The van der Waals surface area contributed by atoms with Crippen LogP contribution in [0.2, 0.25) is 0 Å². The van der Waals surface area contributed by atoms with Gasteiger partial charge in [0, 0.05) is 45.3 Å². The van der Waals surface area contributed by atoms with Crippen LogP contribution in [0.1, 0.15) is 31.4 Å². The highest BCUT2D eigenvalue weighted by Gasteiger charge is 2.35. The van der Waals surface area contributed by atoms with Gasteiger partial charge in [-0.15, -0.1) is 0 Å². The van der Waals surface area contributed by atoms with E-state index in [0.29, 0.717) is 31.9 Å². The number of carbonyl (C=O) groups excluding carboxylic acids is 2. The Labute approximate surface area is 140 Å². The number of aromatic nitrogens is 1. The monoisotopic (exact) mass is 333 g/mol. The van der Waals surface area contributed by atoms with Crippen LogP contribution in [0.4, 0.5) is 5.69 Å². The molecule has 0 radical (unpaired) electrons. The van der Waals surface area contributed by atoms with Gasteiger partial charge < -0.3 is 19.5 Å². The Morgan fingerprint density at radius 1 is 1.29 bits per heavy atom. The van der Waals surface area contributed by atoms with Gasteiger partial charge in [-0.1, -0.05) is 0 Å². The highest BCUT2D eigenvalue weighted by atomic mass is 16.5. The lowest BCUT2D eigenvalue weighted by molar-refractivity contribution is -0.131. The van der Waals surface area contributed by atoms with Crippen molar-refractivity contribution in [1.82, 2.24) is 9.47 Å². The van der Waals surface area contributed by atoms with Crippen molar-refractivity contribution in [1.29, 1.82) is 0 Å². The average Bonchev–Trinajstić information content (AvgIpc) is 2.55. The third kappa shape index (κ3) is 3.21. The molecule has 130 valence electrons. The molecule has 7 heteroatoms. The number of ether oxygens (including phenoxy) is 1. The number of anilines is 1. The molecule has 7 nitrogen and oxygen atoms in total. The topological polar surface area (TPSA) is 80.6 Å². The van der Waals surface area contributed by atoms with E-state index in [1.54, 1.807) is 17.6 Å². The number of carbonyl (C=O) groups is 2. The standard InChI is InChI=1S/C17H23N3O4/c1-11(21)19-8-12-7-13(10-19)15-4-3-14(17(23)20(15)9-12)18-16(22)5-6-24-2/h3-4,12-13H,5-10H2,1-2H3,(H,18,22). The van der Waals surface area contributed by atoms with Gasteiger partial charge in [-0.25, -0.2) is 0 Å². The van der Waals surface area contributed by atoms with Crippen molar-refractivity contribution in [3.63, 3.8) is 0 Å². The number of fused-ring (bicyclic) bond motifs is 4. The summed E-state index contributed by atoms with van der Waals surface area (Å²) in [5, 5.41) is 2.67. The van der Waals surface area contributed by atoms with Crippen molar-refractivity contribution in [3.05, 3.63) is 28.2 Å². The Kier molecular flexibility index (Phi) is 4.71. The van der Waals surface area contributed by atoms with Crippen LogP contribution >= 0.6 is 0 Å². The van der Waals surface area contributed by atoms with Gasteiger partial charge >= 0.3 is 0 Å². The Morgan fingerprint density at radius 2 is 2.08 bits per heavy atom. The van der Waals surface area contributed by atoms with Crippen LogP contribution in [0, 0.1) is 5.92 Å². The van der Waals surface area contributed by atoms with Crippen molar-refractivity contribution in [2.45, 2.75) is 32.2 Å². The summed E-state index contributed by atoms with van der Waals surface area (Å²) in [5.74, 6) is 0.334. The predicted molar refractivity (Wildman–Crippen MR) is 88.9 cm³/mol. The number of nitrogens with one attached hydrogen (secondary N) is 1. The van der Waals surface area contributed by atoms with Gasteiger partial charge in [0.25, 0.3) is 5.56 Å². The number of nitrogens with zero attached hydrogens (tertiary/aromatic N) is 2. The molecule has 2 aliphatic rings. The van der Waals surface area contributed by atoms with Crippen molar-refractivity contribution in [2.75, 3.05) is 32.1 Å². The number of rotatable bonds is 4. The molecule has 1 saturated heterocycles. The molecule has 1 fully saturated rings. The molecule has 24 heavy (non-hydrogen) atoms. The molecular formula is C17H23N3O4. The van der Waals surface area contributed by atoms with Crippen molar-refractivity contribution >= 4 is 17.5 Å². The minimum absolute atomic E-state index is 0.0857. The minimum Gasteiger partial charge on any atom is -0.384 e. The summed E-state index contributed by atoms with van der Waals surface area (Å²) in [4.78, 5) is 38.1. The Hall–Kier alpha value is -2.15. The van der Waals surface area contributed by atoms with Gasteiger partial charge in [-0.2, -0.15) is 0 Å². The maximum absolute atomic E-state index is 12.7. The van der Waals surface area contributed by atoms with E-state index in [1.165, 1.54) is 7.11 Å². The molecule has 0 aromatic carbocycles. The SMILES string of the molecule is COCCC(=O)Nc1ccc2n(c1=O)CC1CC2CN(C(C)=O)C1. The molecule has 1 N–H and O–H groups in total. The average molecular weight is 333 g/mol. The number of piperidine rings is 1. The molecule has 1 aromatic heterocycles. The van der Waals surface area contributed by atoms with E-state index < -0.39 is 0 Å². The second-order valence-corrected chi connectivity index (χ2v) is 6.60. The summed E-state index contributed by atoms with van der Waals surface area (Å²) in [5.41, 5.74) is 1.10. The van der Waals surface area contributed by atoms with E-state index in [-0.39, 0.29) is 35.6 Å². The summed E-state index contributed by atoms with van der Waals surface area (Å²) < 4.78 is 6.64. The van der Waals surface area contributed by atoms with E-state index in [1.807, 2.05) is 11.0 Å². The fourth-order valence-corrected chi connectivity index (χ4v) is 3.71. The van der Waals surface area contributed by atoms with E-state index in [2.05, 4.69) is 5.32 Å². The largest absolute Gasteiger partial charge is 0.384 e. The normalized spacial score (nSPS) is 22.0. The lowest BCUT2D eigenvalue weighted by Gasteiger charge is -2.42. The van der Waals surface area contributed by atoms with Crippen LogP contribution in [-0.2, 0) is 20.9 Å². The quantitative estimate of drug-likeness (QED) is 0.883. The summed E-state index contributed by atoms with van der Waals surface area (Å²) in [6, 6.07) is 3.57. The van der Waals surface area contributed by atoms with E-state index in [9.17, 15) is 14.4 Å². The minimum atomic E-state index is -0.228. The third-order valence-electron chi connectivity index (χ3n) is 4.86. The molecule has 0 spiro atoms. The van der Waals surface area contributed by atoms with Crippen LogP contribution in [0.15, 0.2) is 16.9 Å². The molecular weight excluding hydrogens is 310 g/mol. The first-order valence-electron chi connectivity index (χ1n) is 8.27. The number of hydrogen-bond donors (Lipinski definition) is 1. The molecule has 2 atom stereocenters. The third-order valence-corrected chi connectivity index (χ3v) is 4.86. The van der Waals surface area contributed by atoms with Gasteiger partial charge in [0.2, 0.25) is 11.8 Å². The fourth-order valence-electron chi connectivity index (χ4n) is 3.71. The second kappa shape index (κ2) is 6.76. The number of amides is 2. The van der Waals surface area contributed by atoms with Crippen LogP contribution in [0.5, 0.6) is 0 Å². The first kappa shape index (κ1) is 16.7. The summed E-state index contributed by atoms with van der Waals surface area (Å²) in [6.45, 7) is 3.86. The zero-order valence-electron chi connectivity index (χ0n) is 14.1. The molecule has 3 heterocycles. The van der Waals surface area contributed by atoms with E-state index in [0.717, 1.165) is 12.1 Å². The lowest BCUT2D eigenvalue weighted by Crippen LogP contribution is -2.48. The van der Waals surface area contributed by atoms with E-state index in [4.69, 9.17) is 4.74 Å². The highest BCUT2D eigenvalue weighted by molar-refractivity contribution is 5.90. The van der Waals surface area contributed by atoms with Gasteiger partial charge in [-0.3, -0.25) is 14.4 Å². The Balaban J connectivity index is 1.83. The Bertz CT molecular complexity index is 712. The van der Waals surface area contributed by atoms with Crippen LogP contribution in [0.3, 0.4) is 0 Å². The highest BCUT2D eigenvalue weighted by Crippen LogP contribution is 2.35. The molecule has 2 unspecified atom stereocenters. The number of methoxy groups -OCH3 is 1. The number of hydrogen-bond acceptors (Lipinski definition) is 4. The smallest absolute Gasteiger partial charge is 0.274 e. The predicted octanol–water partition coefficient (Wildman–Crippen LogP) is 0.789. The summed E-state index contributed by atoms with van der Waals surface area (Å²) in [7, 11) is 1.53. The van der Waals surface area contributed by atoms with E-state index >= 15 is 0 Å². The molecule has 0 aliphatic carbocycles. The summed E-state index contributed by atoms with van der Waals surface area (Å²) in [6.07, 6.45) is 1.22. The first-order chi connectivity index (χ1) is 11.5.